The van der Waals surface area contributed by atoms with E-state index in [1.165, 1.54) is 24.7 Å². The lowest BCUT2D eigenvalue weighted by molar-refractivity contribution is 0.168. The van der Waals surface area contributed by atoms with Crippen LogP contribution in [0.2, 0.25) is 0 Å². The van der Waals surface area contributed by atoms with E-state index in [1.54, 1.807) is 18.0 Å². The minimum atomic E-state index is -0.0607. The molecule has 1 saturated heterocycles. The maximum atomic E-state index is 12.2. The molecule has 1 aromatic heterocycles. The molecule has 0 aliphatic carbocycles. The molecule has 0 unspecified atom stereocenters. The van der Waals surface area contributed by atoms with Crippen LogP contribution >= 0.6 is 0 Å². The normalized spacial score (nSPS) is 17.8. The fraction of sp³-hybridized carbons (Fsp3) is 0.500. The highest BCUT2D eigenvalue weighted by atomic mass is 16.5. The summed E-state index contributed by atoms with van der Waals surface area (Å²) in [5.74, 6) is 0.518. The van der Waals surface area contributed by atoms with Gasteiger partial charge in [-0.25, -0.2) is 4.79 Å². The standard InChI is InChI=1S/C20H28N4O2/c1-23(16-19-10-13-26-22-19)20(25)21-14-18-8-5-11-24(15-18)12-9-17-6-3-2-4-7-17/h2-4,6-7,10,13,18H,5,8-9,11-12,14-16H2,1H3,(H,21,25)/t18-/m1/s1. The topological polar surface area (TPSA) is 61.6 Å². The van der Waals surface area contributed by atoms with Crippen LogP contribution in [0, 0.1) is 5.92 Å². The number of carbonyl (C=O) groups is 1. The van der Waals surface area contributed by atoms with Crippen molar-refractivity contribution < 1.29 is 9.32 Å². The van der Waals surface area contributed by atoms with Crippen LogP contribution in [0.15, 0.2) is 47.2 Å². The number of nitrogens with one attached hydrogen (secondary N) is 1. The lowest BCUT2D eigenvalue weighted by atomic mass is 9.97. The van der Waals surface area contributed by atoms with E-state index in [0.29, 0.717) is 12.5 Å². The minimum Gasteiger partial charge on any atom is -0.364 e. The molecule has 1 N–H and O–H groups in total. The number of hydrogen-bond acceptors (Lipinski definition) is 4. The second-order valence-corrected chi connectivity index (χ2v) is 7.08. The number of hydrogen-bond donors (Lipinski definition) is 1. The molecule has 1 atom stereocenters. The number of nitrogens with zero attached hydrogens (tertiary/aromatic N) is 3. The molecule has 140 valence electrons. The Hall–Kier alpha value is -2.34. The van der Waals surface area contributed by atoms with E-state index < -0.39 is 0 Å². The van der Waals surface area contributed by atoms with Crippen molar-refractivity contribution in [1.29, 1.82) is 0 Å². The Bertz CT molecular complexity index is 660. The Balaban J connectivity index is 1.38. The molecule has 1 aliphatic heterocycles. The van der Waals surface area contributed by atoms with Crippen LogP contribution in [-0.4, -0.2) is 54.2 Å². The van der Waals surface area contributed by atoms with E-state index in [4.69, 9.17) is 4.52 Å². The maximum absolute atomic E-state index is 12.2. The number of amides is 2. The van der Waals surface area contributed by atoms with Gasteiger partial charge in [0.1, 0.15) is 12.0 Å². The van der Waals surface area contributed by atoms with Crippen molar-refractivity contribution in [2.45, 2.75) is 25.8 Å². The van der Waals surface area contributed by atoms with Gasteiger partial charge in [0, 0.05) is 32.7 Å². The van der Waals surface area contributed by atoms with Gasteiger partial charge in [-0.1, -0.05) is 35.5 Å². The third-order valence-electron chi connectivity index (χ3n) is 4.94. The van der Waals surface area contributed by atoms with Crippen LogP contribution in [0.3, 0.4) is 0 Å². The Kier molecular flexibility index (Phi) is 6.66. The van der Waals surface area contributed by atoms with Gasteiger partial charge < -0.3 is 19.6 Å². The van der Waals surface area contributed by atoms with Crippen LogP contribution in [0.5, 0.6) is 0 Å². The second kappa shape index (κ2) is 9.38. The number of benzene rings is 1. The molecule has 2 heterocycles. The average molecular weight is 356 g/mol. The minimum absolute atomic E-state index is 0.0607. The lowest BCUT2D eigenvalue weighted by Crippen LogP contribution is -2.44. The van der Waals surface area contributed by atoms with Crippen molar-refractivity contribution in [2.24, 2.45) is 5.92 Å². The molecule has 3 rings (SSSR count). The molecule has 0 bridgehead atoms. The highest BCUT2D eigenvalue weighted by molar-refractivity contribution is 5.73. The van der Waals surface area contributed by atoms with Crippen molar-refractivity contribution in [3.8, 4) is 0 Å². The van der Waals surface area contributed by atoms with E-state index >= 15 is 0 Å². The van der Waals surface area contributed by atoms with Crippen LogP contribution in [0.1, 0.15) is 24.1 Å². The molecule has 2 aromatic rings. The van der Waals surface area contributed by atoms with Gasteiger partial charge in [0.05, 0.1) is 6.54 Å². The van der Waals surface area contributed by atoms with Gasteiger partial charge in [0.15, 0.2) is 0 Å². The number of carbonyl (C=O) groups excluding carboxylic acids is 1. The van der Waals surface area contributed by atoms with Gasteiger partial charge in [-0.05, 0) is 37.3 Å². The molecule has 26 heavy (non-hydrogen) atoms. The summed E-state index contributed by atoms with van der Waals surface area (Å²) >= 11 is 0. The lowest BCUT2D eigenvalue weighted by Gasteiger charge is -2.33. The van der Waals surface area contributed by atoms with Crippen molar-refractivity contribution in [2.75, 3.05) is 33.2 Å². The summed E-state index contributed by atoms with van der Waals surface area (Å²) in [4.78, 5) is 16.4. The summed E-state index contributed by atoms with van der Waals surface area (Å²) < 4.78 is 4.80. The monoisotopic (exact) mass is 356 g/mol. The SMILES string of the molecule is CN(Cc1ccon1)C(=O)NC[C@H]1CCCN(CCc2ccccc2)C1. The van der Waals surface area contributed by atoms with Crippen LogP contribution in [0.25, 0.3) is 0 Å². The Morgan fingerprint density at radius 3 is 2.96 bits per heavy atom. The summed E-state index contributed by atoms with van der Waals surface area (Å²) in [5, 5.41) is 6.90. The van der Waals surface area contributed by atoms with Gasteiger partial charge in [-0.3, -0.25) is 0 Å². The Morgan fingerprint density at radius 2 is 2.19 bits per heavy atom. The van der Waals surface area contributed by atoms with Gasteiger partial charge in [-0.15, -0.1) is 0 Å². The van der Waals surface area contributed by atoms with E-state index in [1.807, 2.05) is 0 Å². The summed E-state index contributed by atoms with van der Waals surface area (Å²) in [6, 6.07) is 12.3. The predicted molar refractivity (Wildman–Crippen MR) is 101 cm³/mol. The zero-order chi connectivity index (χ0) is 18.2. The molecule has 0 radical (unpaired) electrons. The van der Waals surface area contributed by atoms with Crippen molar-refractivity contribution >= 4 is 6.03 Å². The average Bonchev–Trinajstić information content (AvgIpc) is 3.18. The van der Waals surface area contributed by atoms with Crippen molar-refractivity contribution in [1.82, 2.24) is 20.3 Å². The number of aromatic nitrogens is 1. The second-order valence-electron chi connectivity index (χ2n) is 7.08. The third kappa shape index (κ3) is 5.59. The molecule has 6 heteroatoms. The predicted octanol–water partition coefficient (Wildman–Crippen LogP) is 2.77. The molecule has 0 saturated carbocycles. The van der Waals surface area contributed by atoms with Crippen LogP contribution in [-0.2, 0) is 13.0 Å². The quantitative estimate of drug-likeness (QED) is 0.829. The first-order valence-corrected chi connectivity index (χ1v) is 9.35. The Labute approximate surface area is 155 Å². The van der Waals surface area contributed by atoms with E-state index in [-0.39, 0.29) is 6.03 Å². The molecule has 1 aliphatic rings. The smallest absolute Gasteiger partial charge is 0.317 e. The highest BCUT2D eigenvalue weighted by Gasteiger charge is 2.21. The zero-order valence-corrected chi connectivity index (χ0v) is 15.4. The number of rotatable bonds is 7. The van der Waals surface area contributed by atoms with Gasteiger partial charge in [0.25, 0.3) is 0 Å². The molecule has 0 spiro atoms. The molecule has 2 amide bonds. The summed E-state index contributed by atoms with van der Waals surface area (Å²) in [7, 11) is 1.77. The van der Waals surface area contributed by atoms with E-state index in [2.05, 4.69) is 45.7 Å². The molecular formula is C20H28N4O2. The highest BCUT2D eigenvalue weighted by Crippen LogP contribution is 2.16. The summed E-state index contributed by atoms with van der Waals surface area (Å²) in [6.07, 6.45) is 4.98. The number of likely N-dealkylation sites (tertiary alicyclic amines) is 1. The number of piperidine rings is 1. The maximum Gasteiger partial charge on any atom is 0.317 e. The molecule has 6 nitrogen and oxygen atoms in total. The first-order valence-electron chi connectivity index (χ1n) is 9.35. The number of urea groups is 1. The molecule has 1 aromatic carbocycles. The first kappa shape index (κ1) is 18.5. The van der Waals surface area contributed by atoms with Gasteiger partial charge in [-0.2, -0.15) is 0 Å². The van der Waals surface area contributed by atoms with Crippen molar-refractivity contribution in [3.05, 3.63) is 53.9 Å². The third-order valence-corrected chi connectivity index (χ3v) is 4.94. The molecule has 1 fully saturated rings. The fourth-order valence-electron chi connectivity index (χ4n) is 3.45. The van der Waals surface area contributed by atoms with Crippen molar-refractivity contribution in [3.63, 3.8) is 0 Å². The molecular weight excluding hydrogens is 328 g/mol. The summed E-state index contributed by atoms with van der Waals surface area (Å²) in [6.45, 7) is 4.48. The van der Waals surface area contributed by atoms with E-state index in [9.17, 15) is 4.79 Å². The largest absolute Gasteiger partial charge is 0.364 e. The zero-order valence-electron chi connectivity index (χ0n) is 15.4. The fourth-order valence-corrected chi connectivity index (χ4v) is 3.45. The Morgan fingerprint density at radius 1 is 1.35 bits per heavy atom. The van der Waals surface area contributed by atoms with Gasteiger partial charge in [0.2, 0.25) is 0 Å². The van der Waals surface area contributed by atoms with Crippen LogP contribution in [0.4, 0.5) is 4.79 Å². The van der Waals surface area contributed by atoms with Crippen LogP contribution < -0.4 is 5.32 Å². The first-order chi connectivity index (χ1) is 12.7. The summed E-state index contributed by atoms with van der Waals surface area (Å²) in [5.41, 5.74) is 2.14. The van der Waals surface area contributed by atoms with E-state index in [0.717, 1.165) is 38.3 Å². The van der Waals surface area contributed by atoms with Gasteiger partial charge >= 0.3 is 6.03 Å².